The molecule has 0 bridgehead atoms. The second kappa shape index (κ2) is 7.57. The molecule has 0 atom stereocenters. The summed E-state index contributed by atoms with van der Waals surface area (Å²) in [5, 5.41) is 4.69. The van der Waals surface area contributed by atoms with Crippen molar-refractivity contribution in [2.75, 3.05) is 13.1 Å². The van der Waals surface area contributed by atoms with Crippen LogP contribution in [0.15, 0.2) is 60.7 Å². The Balaban J connectivity index is 1.65. The van der Waals surface area contributed by atoms with Crippen LogP contribution in [0.25, 0.3) is 16.6 Å². The van der Waals surface area contributed by atoms with Gasteiger partial charge in [0.15, 0.2) is 0 Å². The molecular weight excluding hydrogens is 334 g/mol. The molecule has 1 aromatic heterocycles. The van der Waals surface area contributed by atoms with E-state index in [9.17, 15) is 4.79 Å². The number of para-hydroxylation sites is 2. The first kappa shape index (κ1) is 17.8. The van der Waals surface area contributed by atoms with E-state index in [0.717, 1.165) is 48.2 Å². The smallest absolute Gasteiger partial charge is 0.270 e. The quantitative estimate of drug-likeness (QED) is 0.755. The van der Waals surface area contributed by atoms with Crippen LogP contribution in [0.1, 0.15) is 37.2 Å². The summed E-state index contributed by atoms with van der Waals surface area (Å²) in [5.41, 5.74) is 2.85. The maximum Gasteiger partial charge on any atom is 0.270 e. The first-order valence-corrected chi connectivity index (χ1v) is 9.84. The van der Waals surface area contributed by atoms with Gasteiger partial charge in [-0.2, -0.15) is 0 Å². The van der Waals surface area contributed by atoms with Crippen molar-refractivity contribution < 1.29 is 4.79 Å². The highest BCUT2D eigenvalue weighted by Crippen LogP contribution is 2.26. The number of likely N-dealkylation sites (tertiary alicyclic amines) is 1. The molecule has 4 rings (SSSR count). The van der Waals surface area contributed by atoms with Crippen molar-refractivity contribution in [2.45, 2.75) is 38.8 Å². The molecule has 0 spiro atoms. The molecule has 1 aliphatic heterocycles. The number of carbonyl (C=O) groups is 1. The van der Waals surface area contributed by atoms with Crippen LogP contribution in [-0.4, -0.2) is 40.5 Å². The van der Waals surface area contributed by atoms with Gasteiger partial charge in [0.05, 0.1) is 5.52 Å². The highest BCUT2D eigenvalue weighted by Gasteiger charge is 2.26. The van der Waals surface area contributed by atoms with Crippen LogP contribution in [0.2, 0.25) is 0 Å². The zero-order chi connectivity index (χ0) is 18.8. The van der Waals surface area contributed by atoms with Gasteiger partial charge in [-0.3, -0.25) is 4.79 Å². The fraction of sp³-hybridized carbons (Fsp3) is 0.348. The third kappa shape index (κ3) is 3.62. The van der Waals surface area contributed by atoms with E-state index in [1.54, 1.807) is 0 Å². The molecule has 0 unspecified atom stereocenters. The van der Waals surface area contributed by atoms with Crippen molar-refractivity contribution >= 4 is 16.8 Å². The van der Waals surface area contributed by atoms with Crippen molar-refractivity contribution in [3.63, 3.8) is 0 Å². The Hall–Kier alpha value is -2.59. The van der Waals surface area contributed by atoms with E-state index in [0.29, 0.717) is 12.1 Å². The maximum atomic E-state index is 13.4. The van der Waals surface area contributed by atoms with Crippen molar-refractivity contribution in [2.24, 2.45) is 0 Å². The minimum absolute atomic E-state index is 0.123. The summed E-state index contributed by atoms with van der Waals surface area (Å²) < 4.78 is 2.09. The van der Waals surface area contributed by atoms with Gasteiger partial charge in [0.25, 0.3) is 5.91 Å². The van der Waals surface area contributed by atoms with E-state index in [2.05, 4.69) is 48.0 Å². The molecule has 2 heterocycles. The van der Waals surface area contributed by atoms with E-state index in [1.165, 1.54) is 0 Å². The third-order valence-electron chi connectivity index (χ3n) is 5.30. The summed E-state index contributed by atoms with van der Waals surface area (Å²) in [6.07, 6.45) is 2.02. The summed E-state index contributed by atoms with van der Waals surface area (Å²) in [7, 11) is 0. The Morgan fingerprint density at radius 3 is 2.37 bits per heavy atom. The lowest BCUT2D eigenvalue weighted by molar-refractivity contribution is 0.0695. The predicted octanol–water partition coefficient (Wildman–Crippen LogP) is 4.23. The van der Waals surface area contributed by atoms with Gasteiger partial charge in [0.1, 0.15) is 5.69 Å². The molecule has 1 fully saturated rings. The van der Waals surface area contributed by atoms with E-state index >= 15 is 0 Å². The minimum atomic E-state index is 0.123. The molecule has 0 radical (unpaired) electrons. The lowest BCUT2D eigenvalue weighted by Gasteiger charge is -2.33. The summed E-state index contributed by atoms with van der Waals surface area (Å²) in [6.45, 7) is 5.96. The van der Waals surface area contributed by atoms with E-state index in [1.807, 2.05) is 41.3 Å². The number of hydrogen-bond donors (Lipinski definition) is 1. The number of carbonyl (C=O) groups excluding carboxylic acids is 1. The fourth-order valence-electron chi connectivity index (χ4n) is 4.05. The van der Waals surface area contributed by atoms with Crippen LogP contribution >= 0.6 is 0 Å². The number of hydrogen-bond acceptors (Lipinski definition) is 2. The number of rotatable bonds is 4. The number of fused-ring (bicyclic) bond motifs is 1. The number of piperidine rings is 1. The van der Waals surface area contributed by atoms with Gasteiger partial charge in [0, 0.05) is 36.2 Å². The number of benzene rings is 2. The van der Waals surface area contributed by atoms with Gasteiger partial charge >= 0.3 is 0 Å². The molecule has 0 saturated carbocycles. The normalized spacial score (nSPS) is 15.6. The average Bonchev–Trinajstić information content (AvgIpc) is 3.08. The molecule has 1 N–H and O–H groups in total. The van der Waals surface area contributed by atoms with E-state index < -0.39 is 0 Å². The first-order valence-electron chi connectivity index (χ1n) is 9.84. The number of nitrogens with one attached hydrogen (secondary N) is 1. The molecule has 4 nitrogen and oxygen atoms in total. The zero-order valence-electron chi connectivity index (χ0n) is 16.1. The monoisotopic (exact) mass is 361 g/mol. The standard InChI is InChI=1S/C23H27N3O/c1-17(2)24-19-12-14-25(15-13-19)23(27)22-16-18-8-6-7-11-21(18)26(22)20-9-4-3-5-10-20/h3-11,16-17,19,24H,12-15H2,1-2H3. The summed E-state index contributed by atoms with van der Waals surface area (Å²) >= 11 is 0. The molecule has 1 saturated heterocycles. The Bertz CT molecular complexity index is 921. The topological polar surface area (TPSA) is 37.3 Å². The Kier molecular flexibility index (Phi) is 4.99. The van der Waals surface area contributed by atoms with Crippen LogP contribution in [0.4, 0.5) is 0 Å². The van der Waals surface area contributed by atoms with Crippen molar-refractivity contribution in [3.05, 3.63) is 66.4 Å². The average molecular weight is 361 g/mol. The molecule has 0 aliphatic carbocycles. The van der Waals surface area contributed by atoms with Crippen molar-refractivity contribution in [3.8, 4) is 5.69 Å². The maximum absolute atomic E-state index is 13.4. The third-order valence-corrected chi connectivity index (χ3v) is 5.30. The highest BCUT2D eigenvalue weighted by atomic mass is 16.2. The van der Waals surface area contributed by atoms with Crippen LogP contribution < -0.4 is 5.32 Å². The van der Waals surface area contributed by atoms with Gasteiger partial charge in [-0.1, -0.05) is 50.2 Å². The van der Waals surface area contributed by atoms with Crippen LogP contribution in [0.3, 0.4) is 0 Å². The minimum Gasteiger partial charge on any atom is -0.337 e. The van der Waals surface area contributed by atoms with Crippen molar-refractivity contribution in [1.29, 1.82) is 0 Å². The second-order valence-electron chi connectivity index (χ2n) is 7.65. The Morgan fingerprint density at radius 2 is 1.67 bits per heavy atom. The van der Waals surface area contributed by atoms with E-state index in [4.69, 9.17) is 0 Å². The fourth-order valence-corrected chi connectivity index (χ4v) is 4.05. The first-order chi connectivity index (χ1) is 13.1. The molecule has 2 aromatic carbocycles. The summed E-state index contributed by atoms with van der Waals surface area (Å²) in [5.74, 6) is 0.123. The predicted molar refractivity (Wildman–Crippen MR) is 110 cm³/mol. The van der Waals surface area contributed by atoms with Gasteiger partial charge in [0.2, 0.25) is 0 Å². The SMILES string of the molecule is CC(C)NC1CCN(C(=O)c2cc3ccccc3n2-c2ccccc2)CC1. The largest absolute Gasteiger partial charge is 0.337 e. The Labute approximate surface area is 160 Å². The van der Waals surface area contributed by atoms with Gasteiger partial charge in [-0.05, 0) is 37.1 Å². The molecule has 140 valence electrons. The molecule has 1 amide bonds. The summed E-state index contributed by atoms with van der Waals surface area (Å²) in [4.78, 5) is 15.4. The molecule has 27 heavy (non-hydrogen) atoms. The van der Waals surface area contributed by atoms with Gasteiger partial charge in [-0.25, -0.2) is 0 Å². The molecule has 1 aliphatic rings. The van der Waals surface area contributed by atoms with Crippen LogP contribution in [-0.2, 0) is 0 Å². The number of amides is 1. The Morgan fingerprint density at radius 1 is 1.00 bits per heavy atom. The number of nitrogens with zero attached hydrogens (tertiary/aromatic N) is 2. The zero-order valence-corrected chi connectivity index (χ0v) is 16.1. The highest BCUT2D eigenvalue weighted by molar-refractivity contribution is 6.00. The number of aromatic nitrogens is 1. The van der Waals surface area contributed by atoms with Crippen molar-refractivity contribution in [1.82, 2.24) is 14.8 Å². The lowest BCUT2D eigenvalue weighted by atomic mass is 10.0. The molecule has 4 heteroatoms. The van der Waals surface area contributed by atoms with Crippen LogP contribution in [0.5, 0.6) is 0 Å². The lowest BCUT2D eigenvalue weighted by Crippen LogP contribution is -2.46. The van der Waals surface area contributed by atoms with E-state index in [-0.39, 0.29) is 5.91 Å². The second-order valence-corrected chi connectivity index (χ2v) is 7.65. The molecular formula is C23H27N3O. The van der Waals surface area contributed by atoms with Crippen LogP contribution in [0, 0.1) is 0 Å². The van der Waals surface area contributed by atoms with Gasteiger partial charge in [-0.15, -0.1) is 0 Å². The van der Waals surface area contributed by atoms with Gasteiger partial charge < -0.3 is 14.8 Å². The molecule has 3 aromatic rings. The summed E-state index contributed by atoms with van der Waals surface area (Å²) in [6, 6.07) is 21.4.